The second-order valence-electron chi connectivity index (χ2n) is 8.34. The predicted molar refractivity (Wildman–Crippen MR) is 114 cm³/mol. The molecule has 166 valence electrons. The summed E-state index contributed by atoms with van der Waals surface area (Å²) >= 11 is 0. The van der Waals surface area contributed by atoms with Gasteiger partial charge in [-0.2, -0.15) is 13.2 Å². The van der Waals surface area contributed by atoms with Gasteiger partial charge in [0.15, 0.2) is 23.8 Å². The fraction of sp³-hybridized carbons (Fsp3) is 0.480. The Balaban J connectivity index is 1.60. The van der Waals surface area contributed by atoms with Crippen molar-refractivity contribution in [1.82, 2.24) is 0 Å². The first-order chi connectivity index (χ1) is 15.0. The van der Waals surface area contributed by atoms with Crippen molar-refractivity contribution in [3.05, 3.63) is 58.7 Å². The second-order valence-corrected chi connectivity index (χ2v) is 8.34. The molecule has 3 nitrogen and oxygen atoms in total. The topological polar surface area (TPSA) is 21.5 Å². The standard InChI is InChI=1S/C25H29F3NO2/c1-2-3-4-5-6-7-22-21-15-24-23(30-17-31-24)14-19(21)12-13-29(22)16-18-8-10-20(11-9-18)25(26,27)28/h8-11,14-15H,2-7,12-13,16-17H2,1H3/q+1. The van der Waals surface area contributed by atoms with E-state index in [9.17, 15) is 13.2 Å². The van der Waals surface area contributed by atoms with Crippen molar-refractivity contribution < 1.29 is 27.2 Å². The van der Waals surface area contributed by atoms with Gasteiger partial charge in [0.1, 0.15) is 6.54 Å². The van der Waals surface area contributed by atoms with Gasteiger partial charge < -0.3 is 9.47 Å². The Kier molecular flexibility index (Phi) is 6.54. The van der Waals surface area contributed by atoms with Crippen LogP contribution in [0.2, 0.25) is 0 Å². The first-order valence-corrected chi connectivity index (χ1v) is 11.2. The zero-order valence-electron chi connectivity index (χ0n) is 17.9. The fourth-order valence-electron chi connectivity index (χ4n) is 4.40. The van der Waals surface area contributed by atoms with Crippen LogP contribution in [0.4, 0.5) is 13.2 Å². The molecule has 2 aliphatic heterocycles. The lowest BCUT2D eigenvalue weighted by molar-refractivity contribution is -0.545. The molecule has 0 atom stereocenters. The molecular formula is C25H29F3NO2+. The minimum Gasteiger partial charge on any atom is -0.454 e. The van der Waals surface area contributed by atoms with Gasteiger partial charge >= 0.3 is 6.18 Å². The molecule has 2 heterocycles. The monoisotopic (exact) mass is 432 g/mol. The van der Waals surface area contributed by atoms with Gasteiger partial charge in [0.25, 0.3) is 0 Å². The van der Waals surface area contributed by atoms with Gasteiger partial charge in [0.2, 0.25) is 6.79 Å². The number of ether oxygens (including phenoxy) is 2. The van der Waals surface area contributed by atoms with Crippen LogP contribution in [0.25, 0.3) is 0 Å². The molecule has 2 aliphatic rings. The Hall–Kier alpha value is -2.50. The lowest BCUT2D eigenvalue weighted by Gasteiger charge is -2.20. The molecule has 0 radical (unpaired) electrons. The average Bonchev–Trinajstić information content (AvgIpc) is 3.20. The van der Waals surface area contributed by atoms with Crippen molar-refractivity contribution in [2.45, 2.75) is 64.6 Å². The molecule has 0 bridgehead atoms. The Morgan fingerprint density at radius 3 is 2.35 bits per heavy atom. The van der Waals surface area contributed by atoms with Crippen molar-refractivity contribution in [2.75, 3.05) is 13.3 Å². The average molecular weight is 433 g/mol. The molecule has 0 amide bonds. The highest BCUT2D eigenvalue weighted by Crippen LogP contribution is 2.37. The van der Waals surface area contributed by atoms with E-state index < -0.39 is 11.7 Å². The van der Waals surface area contributed by atoms with Crippen LogP contribution < -0.4 is 9.47 Å². The van der Waals surface area contributed by atoms with Crippen LogP contribution in [0.5, 0.6) is 11.5 Å². The van der Waals surface area contributed by atoms with E-state index in [1.165, 1.54) is 54.7 Å². The molecule has 0 unspecified atom stereocenters. The van der Waals surface area contributed by atoms with Gasteiger partial charge in [-0.3, -0.25) is 0 Å². The summed E-state index contributed by atoms with van der Waals surface area (Å²) in [5.41, 5.74) is 4.00. The second kappa shape index (κ2) is 9.33. The number of nitrogens with zero attached hydrogens (tertiary/aromatic N) is 1. The molecule has 0 N–H and O–H groups in total. The summed E-state index contributed by atoms with van der Waals surface area (Å²) in [4.78, 5) is 0. The van der Waals surface area contributed by atoms with Gasteiger partial charge in [-0.25, -0.2) is 4.58 Å². The summed E-state index contributed by atoms with van der Waals surface area (Å²) in [6.07, 6.45) is 3.52. The summed E-state index contributed by atoms with van der Waals surface area (Å²) in [6.45, 7) is 3.91. The van der Waals surface area contributed by atoms with Crippen molar-refractivity contribution >= 4 is 5.71 Å². The summed E-state index contributed by atoms with van der Waals surface area (Å²) in [6, 6.07) is 9.71. The van der Waals surface area contributed by atoms with Crippen molar-refractivity contribution in [2.24, 2.45) is 0 Å². The summed E-state index contributed by atoms with van der Waals surface area (Å²) < 4.78 is 52.2. The Labute approximate surface area is 181 Å². The zero-order valence-corrected chi connectivity index (χ0v) is 17.9. The van der Waals surface area contributed by atoms with Gasteiger partial charge in [0, 0.05) is 24.0 Å². The molecule has 0 aliphatic carbocycles. The molecule has 0 fully saturated rings. The van der Waals surface area contributed by atoms with Crippen LogP contribution in [-0.4, -0.2) is 23.6 Å². The Bertz CT molecular complexity index is 948. The number of halogens is 3. The van der Waals surface area contributed by atoms with Crippen LogP contribution in [0.1, 0.15) is 67.7 Å². The minimum absolute atomic E-state index is 0.250. The van der Waals surface area contributed by atoms with Gasteiger partial charge in [0.05, 0.1) is 5.56 Å². The molecular weight excluding hydrogens is 403 g/mol. The first kappa shape index (κ1) is 21.7. The molecule has 0 spiro atoms. The van der Waals surface area contributed by atoms with E-state index in [1.807, 2.05) is 0 Å². The molecule has 31 heavy (non-hydrogen) atoms. The van der Waals surface area contributed by atoms with Crippen molar-refractivity contribution in [3.8, 4) is 11.5 Å². The maximum absolute atomic E-state index is 12.9. The fourth-order valence-corrected chi connectivity index (χ4v) is 4.40. The number of rotatable bonds is 8. The minimum atomic E-state index is -4.30. The highest BCUT2D eigenvalue weighted by atomic mass is 19.4. The van der Waals surface area contributed by atoms with Gasteiger partial charge in [-0.05, 0) is 36.2 Å². The normalized spacial score (nSPS) is 15.4. The highest BCUT2D eigenvalue weighted by molar-refractivity contribution is 5.99. The third-order valence-electron chi connectivity index (χ3n) is 6.11. The molecule has 4 rings (SSSR count). The van der Waals surface area contributed by atoms with Crippen LogP contribution in [0.3, 0.4) is 0 Å². The van der Waals surface area contributed by atoms with E-state index in [1.54, 1.807) is 12.1 Å². The third-order valence-corrected chi connectivity index (χ3v) is 6.11. The molecule has 0 saturated heterocycles. The third kappa shape index (κ3) is 5.05. The smallest absolute Gasteiger partial charge is 0.416 e. The summed E-state index contributed by atoms with van der Waals surface area (Å²) in [5, 5.41) is 0. The largest absolute Gasteiger partial charge is 0.454 e. The summed E-state index contributed by atoms with van der Waals surface area (Å²) in [7, 11) is 0. The SMILES string of the molecule is CCCCCCCC1=[N+](Cc2ccc(C(F)(F)F)cc2)CCc2cc3c(cc21)OCO3. The molecule has 2 aromatic rings. The maximum atomic E-state index is 12.9. The number of hydrogen-bond donors (Lipinski definition) is 0. The quantitative estimate of drug-likeness (QED) is 0.358. The number of fused-ring (bicyclic) bond motifs is 2. The maximum Gasteiger partial charge on any atom is 0.416 e. The molecule has 0 aromatic heterocycles. The van der Waals surface area contributed by atoms with E-state index in [0.29, 0.717) is 6.54 Å². The van der Waals surface area contributed by atoms with Crippen LogP contribution in [-0.2, 0) is 19.1 Å². The Morgan fingerprint density at radius 2 is 1.65 bits per heavy atom. The number of unbranched alkanes of at least 4 members (excludes halogenated alkanes) is 4. The Morgan fingerprint density at radius 1 is 0.935 bits per heavy atom. The first-order valence-electron chi connectivity index (χ1n) is 11.2. The van der Waals surface area contributed by atoms with Gasteiger partial charge in [-0.15, -0.1) is 0 Å². The van der Waals surface area contributed by atoms with Crippen LogP contribution in [0, 0.1) is 0 Å². The van der Waals surface area contributed by atoms with E-state index in [2.05, 4.69) is 23.6 Å². The van der Waals surface area contributed by atoms with E-state index in [0.717, 1.165) is 42.9 Å². The van der Waals surface area contributed by atoms with Crippen LogP contribution in [0.15, 0.2) is 36.4 Å². The van der Waals surface area contributed by atoms with Crippen molar-refractivity contribution in [3.63, 3.8) is 0 Å². The zero-order chi connectivity index (χ0) is 21.8. The van der Waals surface area contributed by atoms with E-state index in [-0.39, 0.29) is 6.79 Å². The van der Waals surface area contributed by atoms with E-state index >= 15 is 0 Å². The van der Waals surface area contributed by atoms with Gasteiger partial charge in [-0.1, -0.05) is 44.7 Å². The molecule has 2 aromatic carbocycles. The van der Waals surface area contributed by atoms with Crippen molar-refractivity contribution in [1.29, 1.82) is 0 Å². The molecule has 6 heteroatoms. The highest BCUT2D eigenvalue weighted by Gasteiger charge is 2.31. The number of benzene rings is 2. The summed E-state index contributed by atoms with van der Waals surface area (Å²) in [5.74, 6) is 1.58. The van der Waals surface area contributed by atoms with E-state index in [4.69, 9.17) is 9.47 Å². The number of alkyl halides is 3. The lowest BCUT2D eigenvalue weighted by Crippen LogP contribution is -2.30. The molecule has 0 saturated carbocycles. The lowest BCUT2D eigenvalue weighted by atomic mass is 9.92. The van der Waals surface area contributed by atoms with Crippen LogP contribution >= 0.6 is 0 Å². The predicted octanol–water partition coefficient (Wildman–Crippen LogP) is 6.35. The number of hydrogen-bond acceptors (Lipinski definition) is 2.